The van der Waals surface area contributed by atoms with Crippen molar-refractivity contribution in [1.29, 1.82) is 0 Å². The maximum Gasteiger partial charge on any atom is 0.170 e. The second-order valence-corrected chi connectivity index (χ2v) is 4.84. The lowest BCUT2D eigenvalue weighted by atomic mass is 10.1. The minimum absolute atomic E-state index is 0.0585. The highest BCUT2D eigenvalue weighted by Gasteiger charge is 2.11. The van der Waals surface area contributed by atoms with Gasteiger partial charge in [0.05, 0.1) is 0 Å². The lowest BCUT2D eigenvalue weighted by molar-refractivity contribution is 0.286. The van der Waals surface area contributed by atoms with E-state index in [0.29, 0.717) is 6.61 Å². The maximum atomic E-state index is 5.95. The van der Waals surface area contributed by atoms with Crippen molar-refractivity contribution in [3.8, 4) is 5.75 Å². The minimum atomic E-state index is -0.0585. The molecule has 0 saturated carbocycles. The average Bonchev–Trinajstić information content (AvgIpc) is 2.67. The molecule has 0 spiro atoms. The Morgan fingerprint density at radius 3 is 2.63 bits per heavy atom. The quantitative estimate of drug-likeness (QED) is 0.913. The molecule has 2 aromatic rings. The molecule has 19 heavy (non-hydrogen) atoms. The Morgan fingerprint density at radius 2 is 2.05 bits per heavy atom. The van der Waals surface area contributed by atoms with Gasteiger partial charge in [-0.2, -0.15) is 0 Å². The van der Waals surface area contributed by atoms with Crippen molar-refractivity contribution >= 4 is 0 Å². The molecule has 0 bridgehead atoms. The van der Waals surface area contributed by atoms with Crippen molar-refractivity contribution in [2.24, 2.45) is 12.8 Å². The molecule has 1 aromatic heterocycles. The third-order valence-corrected chi connectivity index (χ3v) is 3.20. The van der Waals surface area contributed by atoms with Gasteiger partial charge in [0.25, 0.3) is 0 Å². The van der Waals surface area contributed by atoms with Crippen LogP contribution in [0.2, 0.25) is 0 Å². The van der Waals surface area contributed by atoms with E-state index in [1.165, 1.54) is 0 Å². The second kappa shape index (κ2) is 5.40. The Balaban J connectivity index is 2.19. The molecule has 0 radical (unpaired) electrons. The third-order valence-electron chi connectivity index (χ3n) is 3.20. The molecule has 5 nitrogen and oxygen atoms in total. The average molecular weight is 260 g/mol. The summed E-state index contributed by atoms with van der Waals surface area (Å²) >= 11 is 0. The molecule has 0 aliphatic rings. The number of aromatic nitrogens is 3. The zero-order chi connectivity index (χ0) is 14.0. The van der Waals surface area contributed by atoms with Crippen molar-refractivity contribution in [2.45, 2.75) is 33.4 Å². The Labute approximate surface area is 113 Å². The van der Waals surface area contributed by atoms with Crippen LogP contribution in [-0.2, 0) is 13.7 Å². The van der Waals surface area contributed by atoms with E-state index in [1.54, 1.807) is 0 Å². The second-order valence-electron chi connectivity index (χ2n) is 4.84. The number of ether oxygens (including phenoxy) is 1. The number of aryl methyl sites for hydroxylation is 2. The monoisotopic (exact) mass is 260 g/mol. The fourth-order valence-electron chi connectivity index (χ4n) is 1.86. The van der Waals surface area contributed by atoms with Crippen molar-refractivity contribution in [3.63, 3.8) is 0 Å². The van der Waals surface area contributed by atoms with Crippen LogP contribution < -0.4 is 10.5 Å². The van der Waals surface area contributed by atoms with Crippen LogP contribution in [-0.4, -0.2) is 14.8 Å². The van der Waals surface area contributed by atoms with Gasteiger partial charge in [0, 0.05) is 18.7 Å². The molecule has 0 aliphatic carbocycles. The van der Waals surface area contributed by atoms with Gasteiger partial charge in [-0.05, 0) is 32.4 Å². The normalized spacial score (nSPS) is 12.5. The largest absolute Gasteiger partial charge is 0.485 e. The Morgan fingerprint density at radius 1 is 1.32 bits per heavy atom. The van der Waals surface area contributed by atoms with Gasteiger partial charge >= 0.3 is 0 Å². The Bertz CT molecular complexity index is 575. The number of nitrogens with two attached hydrogens (primary N) is 1. The van der Waals surface area contributed by atoms with E-state index in [-0.39, 0.29) is 6.04 Å². The molecule has 1 atom stereocenters. The molecular weight excluding hydrogens is 240 g/mol. The molecule has 1 heterocycles. The molecule has 5 heteroatoms. The lowest BCUT2D eigenvalue weighted by Gasteiger charge is -2.14. The van der Waals surface area contributed by atoms with Crippen LogP contribution in [0.25, 0.3) is 0 Å². The summed E-state index contributed by atoms with van der Waals surface area (Å²) in [4.78, 5) is 0. The summed E-state index contributed by atoms with van der Waals surface area (Å²) < 4.78 is 7.77. The molecule has 0 amide bonds. The van der Waals surface area contributed by atoms with Crippen LogP contribution in [0.5, 0.6) is 5.75 Å². The van der Waals surface area contributed by atoms with E-state index >= 15 is 0 Å². The zero-order valence-electron chi connectivity index (χ0n) is 11.8. The first-order valence-corrected chi connectivity index (χ1v) is 6.33. The van der Waals surface area contributed by atoms with Gasteiger partial charge in [-0.15, -0.1) is 10.2 Å². The van der Waals surface area contributed by atoms with E-state index in [9.17, 15) is 0 Å². The van der Waals surface area contributed by atoms with E-state index in [4.69, 9.17) is 10.5 Å². The van der Waals surface area contributed by atoms with Crippen LogP contribution in [0, 0.1) is 13.8 Å². The number of nitrogens with zero attached hydrogens (tertiary/aromatic N) is 3. The van der Waals surface area contributed by atoms with E-state index in [2.05, 4.69) is 10.2 Å². The fourth-order valence-corrected chi connectivity index (χ4v) is 1.86. The number of benzene rings is 1. The van der Waals surface area contributed by atoms with Gasteiger partial charge in [0.1, 0.15) is 18.2 Å². The molecular formula is C14H20N4O. The van der Waals surface area contributed by atoms with Gasteiger partial charge in [0.2, 0.25) is 0 Å². The summed E-state index contributed by atoms with van der Waals surface area (Å²) in [7, 11) is 1.93. The molecule has 0 aliphatic heterocycles. The summed E-state index contributed by atoms with van der Waals surface area (Å²) in [5.41, 5.74) is 8.11. The molecule has 1 unspecified atom stereocenters. The maximum absolute atomic E-state index is 5.95. The fraction of sp³-hybridized carbons (Fsp3) is 0.429. The Hall–Kier alpha value is -1.88. The SMILES string of the molecule is Cc1ccc(C(C)N)c(OCc2nnc(C)n2C)c1. The molecule has 2 N–H and O–H groups in total. The Kier molecular flexibility index (Phi) is 3.85. The van der Waals surface area contributed by atoms with Gasteiger partial charge in [-0.25, -0.2) is 0 Å². The van der Waals surface area contributed by atoms with E-state index in [1.807, 2.05) is 50.6 Å². The van der Waals surface area contributed by atoms with Crippen LogP contribution in [0.3, 0.4) is 0 Å². The van der Waals surface area contributed by atoms with E-state index in [0.717, 1.165) is 28.5 Å². The minimum Gasteiger partial charge on any atom is -0.485 e. The number of hydrogen-bond acceptors (Lipinski definition) is 4. The van der Waals surface area contributed by atoms with Gasteiger partial charge < -0.3 is 15.0 Å². The molecule has 2 rings (SSSR count). The first-order valence-electron chi connectivity index (χ1n) is 6.33. The van der Waals surface area contributed by atoms with Crippen molar-refractivity contribution in [1.82, 2.24) is 14.8 Å². The first kappa shape index (κ1) is 13.5. The predicted octanol–water partition coefficient (Wildman–Crippen LogP) is 2.03. The highest BCUT2D eigenvalue weighted by atomic mass is 16.5. The summed E-state index contributed by atoms with van der Waals surface area (Å²) in [6.45, 7) is 6.28. The summed E-state index contributed by atoms with van der Waals surface area (Å²) in [5.74, 6) is 2.49. The van der Waals surface area contributed by atoms with Crippen LogP contribution in [0.15, 0.2) is 18.2 Å². The molecule has 0 saturated heterocycles. The molecule has 102 valence electrons. The van der Waals surface area contributed by atoms with Gasteiger partial charge in [-0.3, -0.25) is 0 Å². The first-order chi connectivity index (χ1) is 8.99. The van der Waals surface area contributed by atoms with Crippen molar-refractivity contribution in [3.05, 3.63) is 41.0 Å². The summed E-state index contributed by atoms with van der Waals surface area (Å²) in [5, 5.41) is 8.10. The molecule has 0 fully saturated rings. The highest BCUT2D eigenvalue weighted by Crippen LogP contribution is 2.25. The van der Waals surface area contributed by atoms with Gasteiger partial charge in [-0.1, -0.05) is 12.1 Å². The van der Waals surface area contributed by atoms with Crippen LogP contribution in [0.1, 0.15) is 35.7 Å². The number of hydrogen-bond donors (Lipinski definition) is 1. The lowest BCUT2D eigenvalue weighted by Crippen LogP contribution is -2.10. The predicted molar refractivity (Wildman–Crippen MR) is 73.9 cm³/mol. The van der Waals surface area contributed by atoms with E-state index < -0.39 is 0 Å². The van der Waals surface area contributed by atoms with Crippen LogP contribution >= 0.6 is 0 Å². The highest BCUT2D eigenvalue weighted by molar-refractivity contribution is 5.38. The summed E-state index contributed by atoms with van der Waals surface area (Å²) in [6.07, 6.45) is 0. The molecule has 1 aromatic carbocycles. The smallest absolute Gasteiger partial charge is 0.170 e. The third kappa shape index (κ3) is 2.93. The standard InChI is InChI=1S/C14H20N4O/c1-9-5-6-12(10(2)15)13(7-9)19-8-14-17-16-11(3)18(14)4/h5-7,10H,8,15H2,1-4H3. The zero-order valence-corrected chi connectivity index (χ0v) is 11.8. The van der Waals surface area contributed by atoms with Crippen molar-refractivity contribution in [2.75, 3.05) is 0 Å². The van der Waals surface area contributed by atoms with Crippen LogP contribution in [0.4, 0.5) is 0 Å². The number of rotatable bonds is 4. The topological polar surface area (TPSA) is 66.0 Å². The summed E-state index contributed by atoms with van der Waals surface area (Å²) in [6, 6.07) is 5.99. The van der Waals surface area contributed by atoms with Crippen molar-refractivity contribution < 1.29 is 4.74 Å². The van der Waals surface area contributed by atoms with Gasteiger partial charge in [0.15, 0.2) is 5.82 Å².